The zero-order valence-electron chi connectivity index (χ0n) is 17.7. The summed E-state index contributed by atoms with van der Waals surface area (Å²) in [5.41, 5.74) is -0.697. The van der Waals surface area contributed by atoms with Gasteiger partial charge in [0.05, 0.1) is 35.8 Å². The van der Waals surface area contributed by atoms with Crippen molar-refractivity contribution < 1.29 is 31.8 Å². The van der Waals surface area contributed by atoms with Crippen molar-refractivity contribution >= 4 is 28.9 Å². The number of benzene rings is 2. The van der Waals surface area contributed by atoms with Gasteiger partial charge in [-0.25, -0.2) is 4.39 Å². The molecule has 0 bridgehead atoms. The molecule has 2 heterocycles. The number of thioether (sulfide) groups is 1. The van der Waals surface area contributed by atoms with E-state index >= 15 is 0 Å². The molecule has 2 aromatic rings. The minimum Gasteiger partial charge on any atom is -0.493 e. The fourth-order valence-electron chi connectivity index (χ4n) is 3.46. The summed E-state index contributed by atoms with van der Waals surface area (Å²) in [4.78, 5) is 18.3. The van der Waals surface area contributed by atoms with Crippen molar-refractivity contribution in [3.63, 3.8) is 0 Å². The number of hydrogen-bond donors (Lipinski definition) is 0. The van der Waals surface area contributed by atoms with E-state index < -0.39 is 29.6 Å². The fourth-order valence-corrected chi connectivity index (χ4v) is 4.41. The van der Waals surface area contributed by atoms with E-state index in [2.05, 4.69) is 4.99 Å². The number of halogens is 4. The monoisotopic (exact) mass is 491 g/mol. The van der Waals surface area contributed by atoms with E-state index in [-0.39, 0.29) is 23.6 Å². The molecule has 1 atom stereocenters. The first-order valence-corrected chi connectivity index (χ1v) is 10.9. The van der Waals surface area contributed by atoms with Crippen LogP contribution < -0.4 is 9.47 Å². The van der Waals surface area contributed by atoms with Gasteiger partial charge >= 0.3 is 6.18 Å². The Kier molecular flexibility index (Phi) is 6.52. The maximum atomic E-state index is 13.5. The summed E-state index contributed by atoms with van der Waals surface area (Å²) in [7, 11) is 1.33. The zero-order valence-corrected chi connectivity index (χ0v) is 18.5. The average Bonchev–Trinajstić information content (AvgIpc) is 3.39. The normalized spacial score (nSPS) is 19.4. The first-order chi connectivity index (χ1) is 16.2. The number of rotatable bonds is 4. The molecule has 0 unspecified atom stereocenters. The number of carbonyl (C=O) groups excluding carboxylic acids is 1. The van der Waals surface area contributed by atoms with Gasteiger partial charge in [-0.1, -0.05) is 6.07 Å². The van der Waals surface area contributed by atoms with E-state index in [0.29, 0.717) is 34.7 Å². The zero-order chi connectivity index (χ0) is 24.5. The molecule has 0 aromatic heterocycles. The lowest BCUT2D eigenvalue weighted by atomic mass is 10.1. The van der Waals surface area contributed by atoms with Gasteiger partial charge in [-0.3, -0.25) is 4.79 Å². The number of nitriles is 1. The van der Waals surface area contributed by atoms with Gasteiger partial charge in [0.15, 0.2) is 16.7 Å². The number of ether oxygens (including phenoxy) is 2. The lowest BCUT2D eigenvalue weighted by molar-refractivity contribution is -0.138. The lowest BCUT2D eigenvalue weighted by Crippen LogP contribution is -2.25. The molecule has 2 aliphatic rings. The maximum Gasteiger partial charge on any atom is 0.420 e. The average molecular weight is 491 g/mol. The first-order valence-electron chi connectivity index (χ1n) is 10.1. The van der Waals surface area contributed by atoms with Crippen molar-refractivity contribution in [1.29, 1.82) is 5.26 Å². The van der Waals surface area contributed by atoms with Crippen molar-refractivity contribution in [2.45, 2.75) is 18.8 Å². The molecular formula is C23H17F4N3O3S. The van der Waals surface area contributed by atoms with Gasteiger partial charge in [0.2, 0.25) is 0 Å². The highest BCUT2D eigenvalue weighted by molar-refractivity contribution is 8.18. The van der Waals surface area contributed by atoms with Gasteiger partial charge in [-0.15, -0.1) is 0 Å². The molecular weight excluding hydrogens is 474 g/mol. The SMILES string of the molecule is COc1cc(C=C2SC(N3CC[C@@H](F)C3)=NC2=O)ccc1Oc1ccc(C#N)cc1C(F)(F)F. The Morgan fingerprint density at radius 2 is 1.97 bits per heavy atom. The molecule has 0 spiro atoms. The molecule has 1 saturated heterocycles. The van der Waals surface area contributed by atoms with Crippen molar-refractivity contribution in [2.24, 2.45) is 4.99 Å². The molecule has 0 N–H and O–H groups in total. The summed E-state index contributed by atoms with van der Waals surface area (Å²) in [6.07, 6.45) is -3.71. The van der Waals surface area contributed by atoms with Crippen LogP contribution in [0.4, 0.5) is 17.6 Å². The molecule has 11 heteroatoms. The number of hydrogen-bond acceptors (Lipinski definition) is 6. The summed E-state index contributed by atoms with van der Waals surface area (Å²) in [6.45, 7) is 0.685. The Bertz CT molecular complexity index is 1240. The molecule has 1 amide bonds. The van der Waals surface area contributed by atoms with E-state index in [0.717, 1.165) is 17.8 Å². The number of amides is 1. The number of nitrogens with zero attached hydrogens (tertiary/aromatic N) is 3. The van der Waals surface area contributed by atoms with Crippen LogP contribution in [0.25, 0.3) is 6.08 Å². The van der Waals surface area contributed by atoms with Gasteiger partial charge in [0.1, 0.15) is 11.9 Å². The predicted molar refractivity (Wildman–Crippen MR) is 118 cm³/mol. The third kappa shape index (κ3) is 5.02. The number of amidine groups is 1. The predicted octanol–water partition coefficient (Wildman–Crippen LogP) is 5.39. The van der Waals surface area contributed by atoms with Crippen molar-refractivity contribution in [3.05, 3.63) is 58.0 Å². The second kappa shape index (κ2) is 9.38. The third-order valence-corrected chi connectivity index (χ3v) is 6.17. The molecule has 0 aliphatic carbocycles. The van der Waals surface area contributed by atoms with E-state index in [4.69, 9.17) is 14.7 Å². The number of likely N-dealkylation sites (tertiary alicyclic amines) is 1. The Hall–Kier alpha value is -3.52. The van der Waals surface area contributed by atoms with Crippen molar-refractivity contribution in [3.8, 4) is 23.3 Å². The molecule has 2 aliphatic heterocycles. The molecule has 0 radical (unpaired) electrons. The van der Waals surface area contributed by atoms with Crippen molar-refractivity contribution in [2.75, 3.05) is 20.2 Å². The second-order valence-electron chi connectivity index (χ2n) is 7.48. The topological polar surface area (TPSA) is 74.9 Å². The maximum absolute atomic E-state index is 13.5. The van der Waals surface area contributed by atoms with Crippen LogP contribution >= 0.6 is 11.8 Å². The van der Waals surface area contributed by atoms with Crippen LogP contribution in [0.2, 0.25) is 0 Å². The highest BCUT2D eigenvalue weighted by atomic mass is 32.2. The molecule has 0 saturated carbocycles. The smallest absolute Gasteiger partial charge is 0.420 e. The van der Waals surface area contributed by atoms with E-state index in [1.165, 1.54) is 25.3 Å². The van der Waals surface area contributed by atoms with Crippen LogP contribution in [0.5, 0.6) is 17.2 Å². The molecule has 1 fully saturated rings. The summed E-state index contributed by atoms with van der Waals surface area (Å²) in [5, 5.41) is 9.36. The van der Waals surface area contributed by atoms with Gasteiger partial charge in [-0.05, 0) is 60.2 Å². The largest absolute Gasteiger partial charge is 0.493 e. The number of aliphatic imine (C=N–C) groups is 1. The van der Waals surface area contributed by atoms with Crippen LogP contribution in [0.1, 0.15) is 23.1 Å². The van der Waals surface area contributed by atoms with Crippen LogP contribution in [0, 0.1) is 11.3 Å². The second-order valence-corrected chi connectivity index (χ2v) is 8.48. The summed E-state index contributed by atoms with van der Waals surface area (Å²) < 4.78 is 64.6. The first kappa shape index (κ1) is 23.6. The molecule has 6 nitrogen and oxygen atoms in total. The Balaban J connectivity index is 1.57. The highest BCUT2D eigenvalue weighted by Gasteiger charge is 2.35. The summed E-state index contributed by atoms with van der Waals surface area (Å²) in [5.74, 6) is -0.766. The Labute approximate surface area is 196 Å². The minimum atomic E-state index is -4.73. The van der Waals surface area contributed by atoms with Gasteiger partial charge in [0, 0.05) is 6.54 Å². The quantitative estimate of drug-likeness (QED) is 0.422. The fraction of sp³-hybridized carbons (Fsp3) is 0.261. The summed E-state index contributed by atoms with van der Waals surface area (Å²) in [6, 6.07) is 9.18. The number of alkyl halides is 4. The molecule has 34 heavy (non-hydrogen) atoms. The Morgan fingerprint density at radius 1 is 1.21 bits per heavy atom. The standard InChI is InChI=1S/C23H17F4N3O3S/c1-32-19-9-13(10-20-21(31)29-22(34-20)30-7-6-15(24)12-30)2-5-18(19)33-17-4-3-14(11-28)8-16(17)23(25,26)27/h2-5,8-10,15H,6-7,12H2,1H3/t15-/m1/s1. The van der Waals surface area contributed by atoms with Crippen LogP contribution in [0.15, 0.2) is 46.3 Å². The van der Waals surface area contributed by atoms with Crippen molar-refractivity contribution in [1.82, 2.24) is 4.90 Å². The van der Waals surface area contributed by atoms with Crippen LogP contribution in [-0.4, -0.2) is 42.3 Å². The molecule has 176 valence electrons. The third-order valence-electron chi connectivity index (χ3n) is 5.13. The molecule has 4 rings (SSSR count). The Morgan fingerprint density at radius 3 is 2.62 bits per heavy atom. The highest BCUT2D eigenvalue weighted by Crippen LogP contribution is 2.41. The summed E-state index contributed by atoms with van der Waals surface area (Å²) >= 11 is 1.14. The van der Waals surface area contributed by atoms with E-state index in [9.17, 15) is 22.4 Å². The van der Waals surface area contributed by atoms with Gasteiger partial charge < -0.3 is 14.4 Å². The van der Waals surface area contributed by atoms with Crippen LogP contribution in [0.3, 0.4) is 0 Å². The van der Waals surface area contributed by atoms with Gasteiger partial charge in [0.25, 0.3) is 5.91 Å². The minimum absolute atomic E-state index is 0.0215. The number of methoxy groups -OCH3 is 1. The van der Waals surface area contributed by atoms with Gasteiger partial charge in [-0.2, -0.15) is 23.4 Å². The number of carbonyl (C=O) groups is 1. The van der Waals surface area contributed by atoms with E-state index in [1.807, 2.05) is 0 Å². The lowest BCUT2D eigenvalue weighted by Gasteiger charge is -2.16. The molecule has 2 aromatic carbocycles. The van der Waals surface area contributed by atoms with E-state index in [1.54, 1.807) is 23.1 Å². The van der Waals surface area contributed by atoms with Crippen LogP contribution in [-0.2, 0) is 11.0 Å².